The van der Waals surface area contributed by atoms with Crippen molar-refractivity contribution < 1.29 is 4.79 Å². The summed E-state index contributed by atoms with van der Waals surface area (Å²) in [6, 6.07) is 35.0. The normalized spacial score (nSPS) is 11.4. The van der Waals surface area contributed by atoms with Crippen LogP contribution in [0.4, 0.5) is 0 Å². The second kappa shape index (κ2) is 7.21. The number of ketones is 1. The molecular formula is C30H21NO. The average molecular weight is 412 g/mol. The first kappa shape index (κ1) is 18.6. The maximum Gasteiger partial charge on any atom is 0.195 e. The van der Waals surface area contributed by atoms with E-state index in [9.17, 15) is 4.79 Å². The molecule has 0 N–H and O–H groups in total. The van der Waals surface area contributed by atoms with Crippen LogP contribution in [0.2, 0.25) is 0 Å². The van der Waals surface area contributed by atoms with Gasteiger partial charge in [0.15, 0.2) is 5.78 Å². The zero-order chi connectivity index (χ0) is 21.7. The molecule has 2 heteroatoms. The van der Waals surface area contributed by atoms with Crippen LogP contribution in [0.25, 0.3) is 38.3 Å². The predicted molar refractivity (Wildman–Crippen MR) is 132 cm³/mol. The molecule has 0 aliphatic heterocycles. The van der Waals surface area contributed by atoms with Gasteiger partial charge < -0.3 is 4.40 Å². The van der Waals surface area contributed by atoms with Crippen molar-refractivity contribution in [3.63, 3.8) is 0 Å². The number of aromatic nitrogens is 1. The zero-order valence-electron chi connectivity index (χ0n) is 17.7. The number of hydrogen-bond acceptors (Lipinski definition) is 1. The topological polar surface area (TPSA) is 21.5 Å². The summed E-state index contributed by atoms with van der Waals surface area (Å²) in [5.74, 6) is 0.0416. The summed E-state index contributed by atoms with van der Waals surface area (Å²) in [5.41, 5.74) is 6.87. The number of fused-ring (bicyclic) bond motifs is 4. The van der Waals surface area contributed by atoms with Gasteiger partial charge in [-0.2, -0.15) is 0 Å². The monoisotopic (exact) mass is 411 g/mol. The van der Waals surface area contributed by atoms with Gasteiger partial charge in [0.05, 0.1) is 11.0 Å². The number of carbonyl (C=O) groups is 1. The number of nitrogens with zero attached hydrogens (tertiary/aromatic N) is 1. The lowest BCUT2D eigenvalue weighted by Crippen LogP contribution is -2.04. The molecule has 0 aliphatic carbocycles. The first-order valence-electron chi connectivity index (χ1n) is 10.8. The van der Waals surface area contributed by atoms with Gasteiger partial charge in [-0.1, -0.05) is 90.5 Å². The quantitative estimate of drug-likeness (QED) is 0.277. The molecule has 0 saturated carbocycles. The van der Waals surface area contributed by atoms with E-state index in [1.807, 2.05) is 43.3 Å². The molecule has 0 amide bonds. The Labute approximate surface area is 186 Å². The summed E-state index contributed by atoms with van der Waals surface area (Å²) in [6.07, 6.45) is 2.05. The molecule has 6 rings (SSSR count). The van der Waals surface area contributed by atoms with Gasteiger partial charge in [-0.3, -0.25) is 4.79 Å². The Hall–Kier alpha value is -4.17. The third-order valence-electron chi connectivity index (χ3n) is 6.28. The summed E-state index contributed by atoms with van der Waals surface area (Å²) in [4.78, 5) is 13.7. The van der Waals surface area contributed by atoms with Crippen molar-refractivity contribution in [3.8, 4) is 11.1 Å². The Balaban J connectivity index is 1.74. The molecule has 0 spiro atoms. The smallest absolute Gasteiger partial charge is 0.195 e. The summed E-state index contributed by atoms with van der Waals surface area (Å²) in [5, 5.41) is 3.52. The lowest BCUT2D eigenvalue weighted by molar-refractivity contribution is 0.104. The van der Waals surface area contributed by atoms with Crippen LogP contribution in [0.5, 0.6) is 0 Å². The van der Waals surface area contributed by atoms with Crippen LogP contribution in [0.1, 0.15) is 21.5 Å². The van der Waals surface area contributed by atoms with Crippen LogP contribution in [0.15, 0.2) is 109 Å². The van der Waals surface area contributed by atoms with Gasteiger partial charge in [-0.15, -0.1) is 0 Å². The molecule has 0 radical (unpaired) electrons. The SMILES string of the molecule is Cc1ccc(C(=O)c2cccn3c2c(-c2cccc4ccccc24)c2ccccc23)cc1. The highest BCUT2D eigenvalue weighted by molar-refractivity contribution is 6.20. The van der Waals surface area contributed by atoms with Crippen molar-refractivity contribution >= 4 is 33.0 Å². The molecule has 0 bridgehead atoms. The third-order valence-corrected chi connectivity index (χ3v) is 6.28. The summed E-state index contributed by atoms with van der Waals surface area (Å²) in [7, 11) is 0. The van der Waals surface area contributed by atoms with Gasteiger partial charge in [0.25, 0.3) is 0 Å². The third kappa shape index (κ3) is 2.77. The Morgan fingerprint density at radius 2 is 1.41 bits per heavy atom. The standard InChI is InChI=1S/C30H21NO/c1-20-15-17-22(18-16-20)30(32)26-13-7-19-31-27-14-5-4-11-25(27)28(29(26)31)24-12-6-9-21-8-2-3-10-23(21)24/h2-19H,1H3. The van der Waals surface area contributed by atoms with Gasteiger partial charge in [0.2, 0.25) is 0 Å². The highest BCUT2D eigenvalue weighted by Gasteiger charge is 2.21. The van der Waals surface area contributed by atoms with Crippen molar-refractivity contribution in [1.82, 2.24) is 4.40 Å². The fraction of sp³-hybridized carbons (Fsp3) is 0.0333. The predicted octanol–water partition coefficient (Wildman–Crippen LogP) is 7.45. The highest BCUT2D eigenvalue weighted by Crippen LogP contribution is 2.40. The van der Waals surface area contributed by atoms with Gasteiger partial charge in [-0.05, 0) is 41.5 Å². The van der Waals surface area contributed by atoms with Crippen LogP contribution in [0, 0.1) is 6.92 Å². The molecule has 152 valence electrons. The minimum atomic E-state index is 0.0416. The summed E-state index contributed by atoms with van der Waals surface area (Å²) < 4.78 is 2.16. The molecule has 0 unspecified atom stereocenters. The van der Waals surface area contributed by atoms with E-state index < -0.39 is 0 Å². The maximum absolute atomic E-state index is 13.7. The molecule has 0 fully saturated rings. The first-order chi connectivity index (χ1) is 15.7. The van der Waals surface area contributed by atoms with E-state index in [1.165, 1.54) is 10.8 Å². The number of aryl methyl sites for hydroxylation is 1. The molecule has 2 heterocycles. The van der Waals surface area contributed by atoms with Gasteiger partial charge in [0.1, 0.15) is 0 Å². The zero-order valence-corrected chi connectivity index (χ0v) is 17.7. The van der Waals surface area contributed by atoms with Crippen molar-refractivity contribution in [2.75, 3.05) is 0 Å². The van der Waals surface area contributed by atoms with Crippen molar-refractivity contribution in [2.24, 2.45) is 0 Å². The molecule has 32 heavy (non-hydrogen) atoms. The van der Waals surface area contributed by atoms with E-state index in [1.54, 1.807) is 0 Å². The fourth-order valence-corrected chi connectivity index (χ4v) is 4.75. The van der Waals surface area contributed by atoms with E-state index in [2.05, 4.69) is 77.3 Å². The minimum Gasteiger partial charge on any atom is -0.315 e. The van der Waals surface area contributed by atoms with Crippen molar-refractivity contribution in [1.29, 1.82) is 0 Å². The van der Waals surface area contributed by atoms with E-state index in [-0.39, 0.29) is 5.78 Å². The Morgan fingerprint density at radius 1 is 0.688 bits per heavy atom. The highest BCUT2D eigenvalue weighted by atomic mass is 16.1. The lowest BCUT2D eigenvalue weighted by atomic mass is 9.94. The first-order valence-corrected chi connectivity index (χ1v) is 10.8. The Morgan fingerprint density at radius 3 is 2.25 bits per heavy atom. The van der Waals surface area contributed by atoms with Crippen LogP contribution < -0.4 is 0 Å². The Kier molecular flexibility index (Phi) is 4.19. The van der Waals surface area contributed by atoms with Crippen LogP contribution in [0.3, 0.4) is 0 Å². The summed E-state index contributed by atoms with van der Waals surface area (Å²) >= 11 is 0. The van der Waals surface area contributed by atoms with Crippen LogP contribution in [-0.2, 0) is 0 Å². The molecule has 2 nitrogen and oxygen atoms in total. The van der Waals surface area contributed by atoms with Crippen LogP contribution >= 0.6 is 0 Å². The fourth-order valence-electron chi connectivity index (χ4n) is 4.75. The second-order valence-electron chi connectivity index (χ2n) is 8.25. The second-order valence-corrected chi connectivity index (χ2v) is 8.25. The lowest BCUT2D eigenvalue weighted by Gasteiger charge is -2.10. The van der Waals surface area contributed by atoms with E-state index >= 15 is 0 Å². The average Bonchev–Trinajstić information content (AvgIpc) is 3.18. The molecule has 6 aromatic rings. The van der Waals surface area contributed by atoms with Gasteiger partial charge in [0, 0.05) is 28.3 Å². The molecule has 4 aromatic carbocycles. The molecule has 0 aliphatic rings. The molecule has 0 saturated heterocycles. The number of hydrogen-bond donors (Lipinski definition) is 0. The summed E-state index contributed by atoms with van der Waals surface area (Å²) in [6.45, 7) is 2.04. The van der Waals surface area contributed by atoms with E-state index in [0.29, 0.717) is 5.56 Å². The number of pyridine rings is 1. The van der Waals surface area contributed by atoms with Gasteiger partial charge >= 0.3 is 0 Å². The number of para-hydroxylation sites is 1. The minimum absolute atomic E-state index is 0.0416. The van der Waals surface area contributed by atoms with Crippen LogP contribution in [-0.4, -0.2) is 10.2 Å². The van der Waals surface area contributed by atoms with Crippen molar-refractivity contribution in [2.45, 2.75) is 6.92 Å². The Bertz CT molecular complexity index is 1630. The molecular weight excluding hydrogens is 390 g/mol. The molecule has 2 aromatic heterocycles. The number of rotatable bonds is 3. The number of carbonyl (C=O) groups excluding carboxylic acids is 1. The number of benzene rings is 4. The van der Waals surface area contributed by atoms with E-state index in [0.717, 1.165) is 38.7 Å². The van der Waals surface area contributed by atoms with E-state index in [4.69, 9.17) is 0 Å². The maximum atomic E-state index is 13.7. The van der Waals surface area contributed by atoms with Crippen molar-refractivity contribution in [3.05, 3.63) is 126 Å². The molecule has 0 atom stereocenters. The largest absolute Gasteiger partial charge is 0.315 e. The van der Waals surface area contributed by atoms with Gasteiger partial charge in [-0.25, -0.2) is 0 Å².